The Kier molecular flexibility index (Phi) is 5.55. The molecule has 6 rings (SSSR count). The average Bonchev–Trinajstić information content (AvgIpc) is 2.91. The molecule has 0 amide bonds. The minimum atomic E-state index is -5.08. The highest BCUT2D eigenvalue weighted by Crippen LogP contribution is 2.49. The van der Waals surface area contributed by atoms with E-state index in [9.17, 15) is 17.6 Å². The lowest BCUT2D eigenvalue weighted by molar-refractivity contribution is -0.139. The molecule has 0 bridgehead atoms. The van der Waals surface area contributed by atoms with Gasteiger partial charge in [-0.1, -0.05) is 66.7 Å². The van der Waals surface area contributed by atoms with Crippen molar-refractivity contribution in [3.05, 3.63) is 114 Å². The van der Waals surface area contributed by atoms with Gasteiger partial charge in [-0.3, -0.25) is 0 Å². The molecule has 1 atom stereocenters. The summed E-state index contributed by atoms with van der Waals surface area (Å²) in [7, 11) is -4.66. The first-order valence-corrected chi connectivity index (χ1v) is 13.3. The third-order valence-electron chi connectivity index (χ3n) is 7.01. The average molecular weight is 538 g/mol. The number of hydrogen-bond donors (Lipinski definition) is 0. The molecule has 38 heavy (non-hydrogen) atoms. The summed E-state index contributed by atoms with van der Waals surface area (Å²) in [5.41, 5.74) is -2.04. The molecular formula is C30H17F6OP. The zero-order chi connectivity index (χ0) is 26.8. The van der Waals surface area contributed by atoms with Crippen molar-refractivity contribution in [2.75, 3.05) is 0 Å². The Morgan fingerprint density at radius 2 is 1.16 bits per heavy atom. The quantitative estimate of drug-likeness (QED) is 0.126. The summed E-state index contributed by atoms with van der Waals surface area (Å²) in [5.74, 6) is -2.93. The van der Waals surface area contributed by atoms with Crippen LogP contribution in [0.4, 0.5) is 26.3 Å². The second kappa shape index (κ2) is 8.60. The third kappa shape index (κ3) is 3.45. The molecule has 0 N–H and O–H groups in total. The Balaban J connectivity index is 1.80. The van der Waals surface area contributed by atoms with Gasteiger partial charge in [-0.05, 0) is 56.6 Å². The monoisotopic (exact) mass is 538 g/mol. The molecule has 0 aliphatic heterocycles. The van der Waals surface area contributed by atoms with E-state index in [-0.39, 0.29) is 5.30 Å². The molecule has 0 heterocycles. The van der Waals surface area contributed by atoms with Crippen molar-refractivity contribution in [2.24, 2.45) is 0 Å². The first-order valence-electron chi connectivity index (χ1n) is 11.6. The van der Waals surface area contributed by atoms with Crippen LogP contribution in [0.1, 0.15) is 11.1 Å². The van der Waals surface area contributed by atoms with Gasteiger partial charge in [0.1, 0.15) is 18.3 Å². The second-order valence-corrected chi connectivity index (χ2v) is 11.7. The van der Waals surface area contributed by atoms with Crippen molar-refractivity contribution < 1.29 is 30.9 Å². The van der Waals surface area contributed by atoms with Crippen molar-refractivity contribution in [3.63, 3.8) is 0 Å². The van der Waals surface area contributed by atoms with Crippen LogP contribution in [0.25, 0.3) is 32.3 Å². The van der Waals surface area contributed by atoms with Gasteiger partial charge in [0.05, 0.1) is 16.2 Å². The van der Waals surface area contributed by atoms with E-state index in [1.54, 1.807) is 18.2 Å². The molecule has 0 aliphatic rings. The number of alkyl halides is 4. The van der Waals surface area contributed by atoms with Crippen molar-refractivity contribution in [3.8, 4) is 0 Å². The summed E-state index contributed by atoms with van der Waals surface area (Å²) in [4.78, 5) is 0. The largest absolute Gasteiger partial charge is 0.419 e. The molecule has 1 nitrogen and oxygen atoms in total. The molecule has 0 aliphatic carbocycles. The highest BCUT2D eigenvalue weighted by molar-refractivity contribution is 7.85. The lowest BCUT2D eigenvalue weighted by atomic mass is 9.94. The van der Waals surface area contributed by atoms with Gasteiger partial charge in [0.25, 0.3) is 0 Å². The van der Waals surface area contributed by atoms with Crippen molar-refractivity contribution in [1.82, 2.24) is 0 Å². The molecule has 1 unspecified atom stereocenters. The highest BCUT2D eigenvalue weighted by Gasteiger charge is 2.42. The van der Waals surface area contributed by atoms with Crippen LogP contribution in [0.3, 0.4) is 0 Å². The second-order valence-electron chi connectivity index (χ2n) is 9.07. The third-order valence-corrected chi connectivity index (χ3v) is 10.1. The van der Waals surface area contributed by atoms with Crippen LogP contribution in [-0.2, 0) is 17.4 Å². The van der Waals surface area contributed by atoms with Gasteiger partial charge in [0, 0.05) is 10.9 Å². The van der Waals surface area contributed by atoms with E-state index < -0.39 is 53.4 Å². The van der Waals surface area contributed by atoms with Crippen LogP contribution >= 0.6 is 7.14 Å². The van der Waals surface area contributed by atoms with Gasteiger partial charge in [-0.25, -0.2) is 13.2 Å². The molecule has 8 heteroatoms. The Hall–Kier alpha value is -3.83. The zero-order valence-corrected chi connectivity index (χ0v) is 20.4. The minimum Gasteiger partial charge on any atom is -0.308 e. The van der Waals surface area contributed by atoms with Crippen LogP contribution < -0.4 is 15.9 Å². The summed E-state index contributed by atoms with van der Waals surface area (Å²) in [6.45, 7) is -1.23. The maximum absolute atomic E-state index is 15.7. The molecule has 6 aromatic carbocycles. The van der Waals surface area contributed by atoms with Crippen LogP contribution in [-0.4, -0.2) is 0 Å². The summed E-state index contributed by atoms with van der Waals surface area (Å²) in [6, 6.07) is 21.9. The van der Waals surface area contributed by atoms with E-state index >= 15 is 13.3 Å². The minimum absolute atomic E-state index is 0.0311. The normalized spacial score (nSPS) is 13.9. The van der Waals surface area contributed by atoms with Gasteiger partial charge in [-0.15, -0.1) is 0 Å². The first-order chi connectivity index (χ1) is 18.2. The Bertz CT molecular complexity index is 1890. The standard InChI is InChI=1S/C30H17F6OP/c31-16-20-6-2-8-24(28(20)32)38(37,25-9-3-7-22(29(25)33)30(34,35)36)23-15-13-19-11-10-17-4-1-5-18-12-14-21(23)27(19)26(17)18/h1-15H,16H2. The molecule has 0 aromatic heterocycles. The molecule has 6 aromatic rings. The lowest BCUT2D eigenvalue weighted by Gasteiger charge is -2.25. The van der Waals surface area contributed by atoms with Crippen molar-refractivity contribution in [1.29, 1.82) is 0 Å². The van der Waals surface area contributed by atoms with E-state index in [0.29, 0.717) is 16.8 Å². The summed E-state index contributed by atoms with van der Waals surface area (Å²) in [5, 5.41) is 3.03. The van der Waals surface area contributed by atoms with Gasteiger partial charge in [0.15, 0.2) is 7.14 Å². The number of halogens is 6. The Morgan fingerprint density at radius 1 is 0.605 bits per heavy atom. The number of rotatable bonds is 4. The van der Waals surface area contributed by atoms with Gasteiger partial charge >= 0.3 is 6.18 Å². The van der Waals surface area contributed by atoms with Crippen molar-refractivity contribution in [2.45, 2.75) is 12.9 Å². The molecule has 0 radical (unpaired) electrons. The van der Waals surface area contributed by atoms with E-state index in [0.717, 1.165) is 45.8 Å². The topological polar surface area (TPSA) is 17.1 Å². The fourth-order valence-corrected chi connectivity index (χ4v) is 8.28. The predicted octanol–water partition coefficient (Wildman–Crippen LogP) is 7.99. The van der Waals surface area contributed by atoms with E-state index in [2.05, 4.69) is 0 Å². The fraction of sp³-hybridized carbons (Fsp3) is 0.0667. The van der Waals surface area contributed by atoms with Gasteiger partial charge < -0.3 is 4.57 Å². The number of benzene rings is 6. The van der Waals surface area contributed by atoms with Crippen LogP contribution in [0.5, 0.6) is 0 Å². The maximum Gasteiger partial charge on any atom is 0.419 e. The van der Waals surface area contributed by atoms with Gasteiger partial charge in [0.2, 0.25) is 0 Å². The summed E-state index contributed by atoms with van der Waals surface area (Å²) < 4.78 is 101. The lowest BCUT2D eigenvalue weighted by Crippen LogP contribution is -2.31. The Labute approximate surface area is 213 Å². The van der Waals surface area contributed by atoms with Crippen LogP contribution in [0.15, 0.2) is 91.0 Å². The molecule has 0 saturated carbocycles. The first kappa shape index (κ1) is 24.5. The van der Waals surface area contributed by atoms with Crippen LogP contribution in [0.2, 0.25) is 0 Å². The van der Waals surface area contributed by atoms with Gasteiger partial charge in [-0.2, -0.15) is 13.2 Å². The van der Waals surface area contributed by atoms with E-state index in [1.165, 1.54) is 12.1 Å². The SMILES string of the molecule is O=P(c1cccc(CF)c1F)(c1cccc(C(F)(F)F)c1F)c1ccc2ccc3cccc4ccc1c2c34. The Morgan fingerprint density at radius 3 is 1.82 bits per heavy atom. The predicted molar refractivity (Wildman–Crippen MR) is 139 cm³/mol. The molecular weight excluding hydrogens is 521 g/mol. The zero-order valence-electron chi connectivity index (χ0n) is 19.5. The maximum atomic E-state index is 15.7. The molecule has 0 saturated heterocycles. The smallest absolute Gasteiger partial charge is 0.308 e. The van der Waals surface area contributed by atoms with E-state index in [1.807, 2.05) is 30.3 Å². The van der Waals surface area contributed by atoms with E-state index in [4.69, 9.17) is 0 Å². The molecule has 0 spiro atoms. The summed E-state index contributed by atoms with van der Waals surface area (Å²) in [6.07, 6.45) is -5.08. The number of hydrogen-bond acceptors (Lipinski definition) is 1. The highest BCUT2D eigenvalue weighted by atomic mass is 31.2. The van der Waals surface area contributed by atoms with Crippen molar-refractivity contribution >= 4 is 55.4 Å². The fourth-order valence-electron chi connectivity index (χ4n) is 5.28. The molecule has 190 valence electrons. The summed E-state index contributed by atoms with van der Waals surface area (Å²) >= 11 is 0. The van der Waals surface area contributed by atoms with Crippen LogP contribution in [0, 0.1) is 11.6 Å². The molecule has 0 fully saturated rings.